The molecule has 0 aromatic carbocycles. The molecule has 3 rings (SSSR count). The van der Waals surface area contributed by atoms with E-state index in [2.05, 4.69) is 36.1 Å². The Balaban J connectivity index is 1.65. The van der Waals surface area contributed by atoms with Crippen LogP contribution < -0.4 is 5.32 Å². The third-order valence-electron chi connectivity index (χ3n) is 4.83. The number of aromatic nitrogens is 2. The quantitative estimate of drug-likeness (QED) is 0.919. The van der Waals surface area contributed by atoms with Crippen molar-refractivity contribution in [1.82, 2.24) is 20.0 Å². The zero-order valence-corrected chi connectivity index (χ0v) is 13.5. The number of hydrogen-bond acceptors (Lipinski definition) is 3. The van der Waals surface area contributed by atoms with E-state index in [-0.39, 0.29) is 11.9 Å². The van der Waals surface area contributed by atoms with Crippen molar-refractivity contribution in [3.63, 3.8) is 0 Å². The van der Waals surface area contributed by atoms with E-state index >= 15 is 0 Å². The van der Waals surface area contributed by atoms with Gasteiger partial charge in [0.15, 0.2) is 0 Å². The van der Waals surface area contributed by atoms with E-state index in [0.717, 1.165) is 13.1 Å². The second-order valence-corrected chi connectivity index (χ2v) is 6.96. The van der Waals surface area contributed by atoms with E-state index < -0.39 is 0 Å². The molecule has 1 aliphatic carbocycles. The van der Waals surface area contributed by atoms with Gasteiger partial charge in [0, 0.05) is 43.8 Å². The Labute approximate surface area is 126 Å². The summed E-state index contributed by atoms with van der Waals surface area (Å²) in [5.41, 5.74) is 1.76. The van der Waals surface area contributed by atoms with Crippen LogP contribution in [-0.4, -0.2) is 45.8 Å². The van der Waals surface area contributed by atoms with Crippen LogP contribution in [0.15, 0.2) is 6.07 Å². The van der Waals surface area contributed by atoms with E-state index in [0.29, 0.717) is 23.6 Å². The van der Waals surface area contributed by atoms with Crippen molar-refractivity contribution in [1.29, 1.82) is 0 Å². The molecule has 0 spiro atoms. The molecule has 2 fully saturated rings. The third-order valence-corrected chi connectivity index (χ3v) is 4.83. The molecule has 0 radical (unpaired) electrons. The maximum Gasteiger partial charge on any atom is 0.272 e. The number of nitrogens with zero attached hydrogens (tertiary/aromatic N) is 3. The Morgan fingerprint density at radius 2 is 2.10 bits per heavy atom. The lowest BCUT2D eigenvalue weighted by Crippen LogP contribution is -2.40. The monoisotopic (exact) mass is 290 g/mol. The van der Waals surface area contributed by atoms with E-state index in [9.17, 15) is 4.79 Å². The first kappa shape index (κ1) is 14.6. The third kappa shape index (κ3) is 2.98. The highest BCUT2D eigenvalue weighted by Gasteiger charge is 2.33. The summed E-state index contributed by atoms with van der Waals surface area (Å²) in [5, 5.41) is 7.56. The van der Waals surface area contributed by atoms with Gasteiger partial charge in [0.1, 0.15) is 5.69 Å². The van der Waals surface area contributed by atoms with Crippen LogP contribution >= 0.6 is 0 Å². The summed E-state index contributed by atoms with van der Waals surface area (Å²) in [5.74, 6) is 1.08. The summed E-state index contributed by atoms with van der Waals surface area (Å²) in [6.45, 7) is 8.61. The largest absolute Gasteiger partial charge is 0.346 e. The lowest BCUT2D eigenvalue weighted by atomic mass is 10.1. The lowest BCUT2D eigenvalue weighted by Gasteiger charge is -2.20. The Kier molecular flexibility index (Phi) is 3.78. The summed E-state index contributed by atoms with van der Waals surface area (Å²) >= 11 is 0. The topological polar surface area (TPSA) is 50.2 Å². The average Bonchev–Trinajstić information content (AvgIpc) is 3.09. The van der Waals surface area contributed by atoms with Crippen molar-refractivity contribution in [2.45, 2.75) is 51.6 Å². The molecule has 5 heteroatoms. The van der Waals surface area contributed by atoms with Gasteiger partial charge in [-0.1, -0.05) is 6.92 Å². The summed E-state index contributed by atoms with van der Waals surface area (Å²) in [4.78, 5) is 14.8. The van der Waals surface area contributed by atoms with Gasteiger partial charge in [-0.2, -0.15) is 5.10 Å². The molecular formula is C16H26N4O. The van der Waals surface area contributed by atoms with Crippen LogP contribution in [-0.2, 0) is 7.05 Å². The second-order valence-electron chi connectivity index (χ2n) is 6.96. The average molecular weight is 290 g/mol. The van der Waals surface area contributed by atoms with Crippen LogP contribution in [0.25, 0.3) is 0 Å². The maximum absolute atomic E-state index is 12.4. The molecule has 2 heterocycles. The molecule has 21 heavy (non-hydrogen) atoms. The van der Waals surface area contributed by atoms with Gasteiger partial charge in [-0.3, -0.25) is 14.4 Å². The molecular weight excluding hydrogens is 264 g/mol. The Bertz CT molecular complexity index is 532. The molecule has 1 amide bonds. The standard InChI is InChI=1S/C16H26N4O/c1-10(2)20-8-11(3)14(9-20)17-16(21)13-7-15(12-5-6-12)19(4)18-13/h7,10-12,14H,5-6,8-9H2,1-4H3,(H,17,21)/t11-,14+/m0/s1. The van der Waals surface area contributed by atoms with Crippen molar-refractivity contribution < 1.29 is 4.79 Å². The van der Waals surface area contributed by atoms with Gasteiger partial charge in [0.25, 0.3) is 5.91 Å². The zero-order valence-electron chi connectivity index (χ0n) is 13.5. The Hall–Kier alpha value is -1.36. The molecule has 116 valence electrons. The van der Waals surface area contributed by atoms with Crippen LogP contribution in [0.4, 0.5) is 0 Å². The van der Waals surface area contributed by atoms with Crippen molar-refractivity contribution in [3.05, 3.63) is 17.5 Å². The van der Waals surface area contributed by atoms with Crippen molar-refractivity contribution in [3.8, 4) is 0 Å². The minimum absolute atomic E-state index is 0.0278. The number of carbonyl (C=O) groups is 1. The van der Waals surface area contributed by atoms with Crippen LogP contribution in [0.2, 0.25) is 0 Å². The van der Waals surface area contributed by atoms with Gasteiger partial charge < -0.3 is 5.32 Å². The number of hydrogen-bond donors (Lipinski definition) is 1. The van der Waals surface area contributed by atoms with Crippen molar-refractivity contribution >= 4 is 5.91 Å². The Morgan fingerprint density at radius 3 is 2.67 bits per heavy atom. The first-order chi connectivity index (χ1) is 9.95. The predicted octanol–water partition coefficient (Wildman–Crippen LogP) is 1.76. The van der Waals surface area contributed by atoms with E-state index in [1.807, 2.05) is 17.8 Å². The smallest absolute Gasteiger partial charge is 0.272 e. The molecule has 1 aromatic rings. The fraction of sp³-hybridized carbons (Fsp3) is 0.750. The number of aryl methyl sites for hydroxylation is 1. The number of nitrogens with one attached hydrogen (secondary N) is 1. The van der Waals surface area contributed by atoms with Crippen molar-refractivity contribution in [2.75, 3.05) is 13.1 Å². The van der Waals surface area contributed by atoms with Gasteiger partial charge >= 0.3 is 0 Å². The van der Waals surface area contributed by atoms with Gasteiger partial charge in [-0.15, -0.1) is 0 Å². The molecule has 2 atom stereocenters. The van der Waals surface area contributed by atoms with Crippen LogP contribution in [0.3, 0.4) is 0 Å². The van der Waals surface area contributed by atoms with Gasteiger partial charge in [0.05, 0.1) is 0 Å². The highest BCUT2D eigenvalue weighted by molar-refractivity contribution is 5.92. The fourth-order valence-corrected chi connectivity index (χ4v) is 3.21. The Morgan fingerprint density at radius 1 is 1.38 bits per heavy atom. The number of amides is 1. The van der Waals surface area contributed by atoms with Crippen LogP contribution in [0, 0.1) is 5.92 Å². The minimum atomic E-state index is -0.0278. The molecule has 2 aliphatic rings. The van der Waals surface area contributed by atoms with Gasteiger partial charge in [-0.05, 0) is 38.7 Å². The van der Waals surface area contributed by atoms with Crippen molar-refractivity contribution in [2.24, 2.45) is 13.0 Å². The number of rotatable bonds is 4. The van der Waals surface area contributed by atoms with E-state index in [1.54, 1.807) is 0 Å². The molecule has 5 nitrogen and oxygen atoms in total. The molecule has 1 saturated carbocycles. The first-order valence-electron chi connectivity index (χ1n) is 8.04. The zero-order chi connectivity index (χ0) is 15.1. The summed E-state index contributed by atoms with van der Waals surface area (Å²) in [7, 11) is 1.93. The molecule has 1 aliphatic heterocycles. The second kappa shape index (κ2) is 5.44. The van der Waals surface area contributed by atoms with Crippen LogP contribution in [0.5, 0.6) is 0 Å². The molecule has 1 saturated heterocycles. The molecule has 0 unspecified atom stereocenters. The van der Waals surface area contributed by atoms with Gasteiger partial charge in [0.2, 0.25) is 0 Å². The van der Waals surface area contributed by atoms with Crippen LogP contribution in [0.1, 0.15) is 55.7 Å². The first-order valence-corrected chi connectivity index (χ1v) is 8.04. The number of carbonyl (C=O) groups excluding carboxylic acids is 1. The lowest BCUT2D eigenvalue weighted by molar-refractivity contribution is 0.0925. The SMILES string of the molecule is CC(C)N1C[C@H](C)[C@H](NC(=O)c2cc(C3CC3)n(C)n2)C1. The summed E-state index contributed by atoms with van der Waals surface area (Å²) in [6, 6.07) is 2.73. The number of likely N-dealkylation sites (tertiary alicyclic amines) is 1. The van der Waals surface area contributed by atoms with E-state index in [4.69, 9.17) is 0 Å². The highest BCUT2D eigenvalue weighted by Crippen LogP contribution is 2.39. The molecule has 0 bridgehead atoms. The molecule has 1 aromatic heterocycles. The van der Waals surface area contributed by atoms with E-state index in [1.165, 1.54) is 18.5 Å². The summed E-state index contributed by atoms with van der Waals surface area (Å²) in [6.07, 6.45) is 2.45. The minimum Gasteiger partial charge on any atom is -0.346 e. The highest BCUT2D eigenvalue weighted by atomic mass is 16.2. The predicted molar refractivity (Wildman–Crippen MR) is 82.3 cm³/mol. The fourth-order valence-electron chi connectivity index (χ4n) is 3.21. The molecule has 1 N–H and O–H groups in total. The summed E-state index contributed by atoms with van der Waals surface area (Å²) < 4.78 is 1.87. The maximum atomic E-state index is 12.4. The normalized spacial score (nSPS) is 26.5. The van der Waals surface area contributed by atoms with Gasteiger partial charge in [-0.25, -0.2) is 0 Å².